The van der Waals surface area contributed by atoms with E-state index >= 15 is 0 Å². The van der Waals surface area contributed by atoms with E-state index in [4.69, 9.17) is 20.4 Å². The number of aromatic nitrogens is 3. The molecule has 0 saturated carbocycles. The number of ether oxygens (including phenoxy) is 1. The van der Waals surface area contributed by atoms with Gasteiger partial charge in [0.25, 0.3) is 12.4 Å². The minimum Gasteiger partial charge on any atom is -0.483 e. The number of amides is 1. The van der Waals surface area contributed by atoms with Crippen LogP contribution in [-0.4, -0.2) is 63.8 Å². The molecule has 0 unspecified atom stereocenters. The number of rotatable bonds is 4. The van der Waals surface area contributed by atoms with Gasteiger partial charge in [0.15, 0.2) is 0 Å². The number of nitrogens with zero attached hydrogens (tertiary/aromatic N) is 4. The van der Waals surface area contributed by atoms with Gasteiger partial charge < -0.3 is 25.8 Å². The Morgan fingerprint density at radius 2 is 2.26 bits per heavy atom. The largest absolute Gasteiger partial charge is 0.483 e. The predicted molar refractivity (Wildman–Crippen MR) is 115 cm³/mol. The second-order valence-electron chi connectivity index (χ2n) is 8.15. The summed E-state index contributed by atoms with van der Waals surface area (Å²) in [6.07, 6.45) is 4.01. The number of carboxylic acid groups (broad SMARTS) is 1. The Hall–Kier alpha value is -2.79. The standard InChI is InChI=1S/C19H24N6O2S.CH2O2/c1-10-16(28-11(2)23-10)17(26)22-7-12-13-8-25(18-21-6-4-15(20)24-18)9-19(13)5-3-14(12)27-19;2-1-3/h4,6,12-14H,3,5,7-9H2,1-2H3,(H,22,26)(H2,20,21,24);1H,(H,2,3)/t12-,13+,14+,19+;/m0./s1. The quantitative estimate of drug-likeness (QED) is 0.591. The fraction of sp³-hybridized carbons (Fsp3) is 0.550. The first-order chi connectivity index (χ1) is 14.9. The number of nitrogens with one attached hydrogen (secondary N) is 1. The van der Waals surface area contributed by atoms with Crippen molar-refractivity contribution in [1.29, 1.82) is 0 Å². The first-order valence-corrected chi connectivity index (χ1v) is 11.0. The Bertz CT molecular complexity index is 984. The first-order valence-electron chi connectivity index (χ1n) is 10.2. The minimum atomic E-state index is -0.250. The van der Waals surface area contributed by atoms with Crippen LogP contribution in [0, 0.1) is 25.7 Å². The lowest BCUT2D eigenvalue weighted by Crippen LogP contribution is -2.41. The molecule has 2 aromatic heterocycles. The molecule has 3 saturated heterocycles. The maximum Gasteiger partial charge on any atom is 0.290 e. The van der Waals surface area contributed by atoms with Crippen molar-refractivity contribution in [3.8, 4) is 0 Å². The summed E-state index contributed by atoms with van der Waals surface area (Å²) in [7, 11) is 0. The van der Waals surface area contributed by atoms with Gasteiger partial charge in [0.1, 0.15) is 10.7 Å². The van der Waals surface area contributed by atoms with E-state index in [2.05, 4.69) is 25.2 Å². The smallest absolute Gasteiger partial charge is 0.290 e. The summed E-state index contributed by atoms with van der Waals surface area (Å²) in [5.41, 5.74) is 6.48. The number of aryl methyl sites for hydroxylation is 2. The van der Waals surface area contributed by atoms with Crippen LogP contribution in [0.2, 0.25) is 0 Å². The molecule has 0 radical (unpaired) electrons. The molecule has 3 aliphatic heterocycles. The molecule has 0 aromatic carbocycles. The molecule has 1 spiro atoms. The van der Waals surface area contributed by atoms with Crippen LogP contribution >= 0.6 is 11.3 Å². The zero-order valence-corrected chi connectivity index (χ0v) is 18.3. The van der Waals surface area contributed by atoms with Crippen LogP contribution < -0.4 is 16.0 Å². The highest BCUT2D eigenvalue weighted by Crippen LogP contribution is 2.55. The van der Waals surface area contributed by atoms with Crippen molar-refractivity contribution in [2.45, 2.75) is 38.4 Å². The molecule has 4 atom stereocenters. The zero-order chi connectivity index (χ0) is 22.2. The van der Waals surface area contributed by atoms with E-state index in [0.29, 0.717) is 35.0 Å². The van der Waals surface area contributed by atoms with E-state index in [9.17, 15) is 4.79 Å². The number of nitrogen functional groups attached to an aromatic ring is 1. The van der Waals surface area contributed by atoms with E-state index < -0.39 is 0 Å². The van der Waals surface area contributed by atoms with Gasteiger partial charge in [-0.15, -0.1) is 11.3 Å². The van der Waals surface area contributed by atoms with Crippen LogP contribution in [0.25, 0.3) is 0 Å². The second kappa shape index (κ2) is 8.39. The molecule has 166 valence electrons. The van der Waals surface area contributed by atoms with Crippen molar-refractivity contribution < 1.29 is 19.4 Å². The van der Waals surface area contributed by atoms with Crippen LogP contribution in [0.5, 0.6) is 0 Å². The highest BCUT2D eigenvalue weighted by Gasteiger charge is 2.63. The van der Waals surface area contributed by atoms with Crippen molar-refractivity contribution in [1.82, 2.24) is 20.3 Å². The summed E-state index contributed by atoms with van der Waals surface area (Å²) in [6.45, 7) is 5.80. The summed E-state index contributed by atoms with van der Waals surface area (Å²) in [5, 5.41) is 10.9. The number of anilines is 2. The fourth-order valence-electron chi connectivity index (χ4n) is 5.16. The van der Waals surface area contributed by atoms with E-state index in [1.165, 1.54) is 11.3 Å². The van der Waals surface area contributed by atoms with E-state index in [-0.39, 0.29) is 24.1 Å². The van der Waals surface area contributed by atoms with Crippen molar-refractivity contribution in [3.63, 3.8) is 0 Å². The Labute approximate surface area is 183 Å². The molecule has 11 heteroatoms. The van der Waals surface area contributed by atoms with Gasteiger partial charge in [-0.2, -0.15) is 4.98 Å². The molecule has 31 heavy (non-hydrogen) atoms. The third-order valence-electron chi connectivity index (χ3n) is 6.34. The molecule has 2 aromatic rings. The Balaban J connectivity index is 0.000000730. The third-order valence-corrected chi connectivity index (χ3v) is 7.41. The lowest BCUT2D eigenvalue weighted by Gasteiger charge is -2.29. The monoisotopic (exact) mass is 446 g/mol. The van der Waals surface area contributed by atoms with Gasteiger partial charge in [0.2, 0.25) is 5.95 Å². The van der Waals surface area contributed by atoms with Crippen molar-refractivity contribution in [2.75, 3.05) is 30.3 Å². The zero-order valence-electron chi connectivity index (χ0n) is 17.4. The Kier molecular flexibility index (Phi) is 5.80. The number of thiazole rings is 1. The van der Waals surface area contributed by atoms with Gasteiger partial charge in [-0.1, -0.05) is 0 Å². The molecule has 0 aliphatic carbocycles. The summed E-state index contributed by atoms with van der Waals surface area (Å²) in [6, 6.07) is 1.70. The predicted octanol–water partition coefficient (Wildman–Crippen LogP) is 1.25. The fourth-order valence-corrected chi connectivity index (χ4v) is 6.00. The van der Waals surface area contributed by atoms with Gasteiger partial charge in [0, 0.05) is 31.1 Å². The molecule has 2 bridgehead atoms. The lowest BCUT2D eigenvalue weighted by atomic mass is 9.73. The van der Waals surface area contributed by atoms with E-state index in [1.807, 2.05) is 13.8 Å². The number of fused-ring (bicyclic) bond motifs is 1. The summed E-state index contributed by atoms with van der Waals surface area (Å²) in [4.78, 5) is 37.0. The van der Waals surface area contributed by atoms with Crippen LogP contribution in [0.1, 0.15) is 33.2 Å². The van der Waals surface area contributed by atoms with Crippen molar-refractivity contribution >= 4 is 35.5 Å². The van der Waals surface area contributed by atoms with Crippen LogP contribution in [-0.2, 0) is 9.53 Å². The van der Waals surface area contributed by atoms with E-state index in [1.54, 1.807) is 12.3 Å². The first kappa shape index (κ1) is 21.4. The molecule has 1 amide bonds. The second-order valence-corrected chi connectivity index (χ2v) is 9.36. The summed E-state index contributed by atoms with van der Waals surface area (Å²) >= 11 is 1.45. The van der Waals surface area contributed by atoms with Crippen LogP contribution in [0.3, 0.4) is 0 Å². The SMILES string of the molecule is Cc1nc(C)c(C(=O)NC[C@H]2[C@H]3CN(c4nccc(N)n4)C[C@]34CC[C@H]2O4)s1.O=CO. The lowest BCUT2D eigenvalue weighted by molar-refractivity contribution is -0.122. The maximum atomic E-state index is 12.6. The topological polar surface area (TPSA) is 144 Å². The van der Waals surface area contributed by atoms with E-state index in [0.717, 1.165) is 36.6 Å². The minimum absolute atomic E-state index is 0.0334. The molecule has 5 rings (SSSR count). The molecule has 10 nitrogen and oxygen atoms in total. The van der Waals surface area contributed by atoms with Gasteiger partial charge in [-0.05, 0) is 32.8 Å². The Morgan fingerprint density at radius 1 is 1.48 bits per heavy atom. The molecular weight excluding hydrogens is 420 g/mol. The van der Waals surface area contributed by atoms with Gasteiger partial charge in [0.05, 0.1) is 29.0 Å². The number of carbonyl (C=O) groups is 2. The van der Waals surface area contributed by atoms with Gasteiger partial charge in [-0.3, -0.25) is 9.59 Å². The Morgan fingerprint density at radius 3 is 2.94 bits per heavy atom. The van der Waals surface area contributed by atoms with Crippen molar-refractivity contribution in [2.24, 2.45) is 11.8 Å². The summed E-state index contributed by atoms with van der Waals surface area (Å²) in [5.74, 6) is 1.77. The van der Waals surface area contributed by atoms with Gasteiger partial charge >= 0.3 is 0 Å². The average Bonchev–Trinajstić information content (AvgIpc) is 3.46. The number of hydrogen-bond acceptors (Lipinski definition) is 9. The third kappa shape index (κ3) is 3.94. The molecular formula is C20H26N6O4S. The van der Waals surface area contributed by atoms with Crippen LogP contribution in [0.4, 0.5) is 11.8 Å². The highest BCUT2D eigenvalue weighted by molar-refractivity contribution is 7.13. The van der Waals surface area contributed by atoms with Gasteiger partial charge in [-0.25, -0.2) is 9.97 Å². The molecule has 4 N–H and O–H groups in total. The van der Waals surface area contributed by atoms with Crippen molar-refractivity contribution in [3.05, 3.63) is 27.8 Å². The number of hydrogen-bond donors (Lipinski definition) is 3. The highest BCUT2D eigenvalue weighted by atomic mass is 32.1. The normalized spacial score (nSPS) is 28.1. The molecule has 5 heterocycles. The van der Waals surface area contributed by atoms with Crippen LogP contribution in [0.15, 0.2) is 12.3 Å². The maximum absolute atomic E-state index is 12.6. The molecule has 3 aliphatic rings. The summed E-state index contributed by atoms with van der Waals surface area (Å²) < 4.78 is 6.45. The number of carbonyl (C=O) groups excluding carboxylic acids is 1. The number of nitrogens with two attached hydrogens (primary N) is 1. The average molecular weight is 447 g/mol. The molecule has 3 fully saturated rings.